The normalized spacial score (nSPS) is 16.7. The van der Waals surface area contributed by atoms with Crippen molar-refractivity contribution in [2.75, 3.05) is 38.7 Å². The van der Waals surface area contributed by atoms with Crippen LogP contribution >= 0.6 is 11.3 Å². The molecular formula is C25H31N3O7S2. The Hall–Kier alpha value is -2.96. The van der Waals surface area contributed by atoms with E-state index in [1.165, 1.54) is 51.9 Å². The van der Waals surface area contributed by atoms with E-state index in [1.54, 1.807) is 6.92 Å². The number of fused-ring (bicyclic) bond motifs is 1. The predicted molar refractivity (Wildman–Crippen MR) is 138 cm³/mol. The second-order valence-electron chi connectivity index (χ2n) is 9.14. The van der Waals surface area contributed by atoms with Gasteiger partial charge < -0.3 is 19.7 Å². The average molecular weight is 550 g/mol. The van der Waals surface area contributed by atoms with Gasteiger partial charge in [-0.2, -0.15) is 4.31 Å². The molecule has 37 heavy (non-hydrogen) atoms. The summed E-state index contributed by atoms with van der Waals surface area (Å²) < 4.78 is 37.5. The molecule has 200 valence electrons. The Morgan fingerprint density at radius 2 is 1.78 bits per heavy atom. The fraction of sp³-hybridized carbons (Fsp3) is 0.480. The minimum atomic E-state index is -3.63. The van der Waals surface area contributed by atoms with Crippen LogP contribution in [-0.2, 0) is 32.5 Å². The molecule has 0 radical (unpaired) electrons. The highest BCUT2D eigenvalue weighted by atomic mass is 32.2. The maximum atomic E-state index is 13.1. The number of rotatable bonds is 6. The Morgan fingerprint density at radius 1 is 1.11 bits per heavy atom. The van der Waals surface area contributed by atoms with E-state index in [0.717, 1.165) is 23.3 Å². The standard InChI is InChI=1S/C25H31N3O7S2/c1-4-35-24(30)21-19-11-12-27(25(31)34-3)15-20(19)36-23(21)26-22(29)17-5-7-18(8-6-17)37(32,33)28-13-9-16(2)10-14-28/h5-8,16H,4,9-15H2,1-3H3,(H,26,29). The summed E-state index contributed by atoms with van der Waals surface area (Å²) in [5.41, 5.74) is 1.29. The van der Waals surface area contributed by atoms with Gasteiger partial charge in [-0.3, -0.25) is 4.79 Å². The van der Waals surface area contributed by atoms with Gasteiger partial charge in [0.25, 0.3) is 5.91 Å². The number of piperidine rings is 1. The Balaban J connectivity index is 1.55. The van der Waals surface area contributed by atoms with E-state index in [0.29, 0.717) is 42.5 Å². The van der Waals surface area contributed by atoms with Crippen LogP contribution in [0.5, 0.6) is 0 Å². The summed E-state index contributed by atoms with van der Waals surface area (Å²) in [6.07, 6.45) is 1.61. The monoisotopic (exact) mass is 549 g/mol. The molecule has 4 rings (SSSR count). The van der Waals surface area contributed by atoms with Crippen molar-refractivity contribution in [2.45, 2.75) is 44.6 Å². The van der Waals surface area contributed by atoms with Gasteiger partial charge in [0, 0.05) is 30.1 Å². The minimum Gasteiger partial charge on any atom is -0.462 e. The maximum Gasteiger partial charge on any atom is 0.409 e. The predicted octanol–water partition coefficient (Wildman–Crippen LogP) is 3.72. The van der Waals surface area contributed by atoms with Gasteiger partial charge in [0.15, 0.2) is 0 Å². The Labute approximate surface area is 220 Å². The molecule has 0 aliphatic carbocycles. The molecule has 1 N–H and O–H groups in total. The summed E-state index contributed by atoms with van der Waals surface area (Å²) in [6, 6.07) is 5.79. The second-order valence-corrected chi connectivity index (χ2v) is 12.2. The molecule has 2 aromatic rings. The summed E-state index contributed by atoms with van der Waals surface area (Å²) in [4.78, 5) is 40.3. The van der Waals surface area contributed by atoms with Gasteiger partial charge in [0.05, 0.1) is 30.7 Å². The number of nitrogens with one attached hydrogen (secondary N) is 1. The number of anilines is 1. The topological polar surface area (TPSA) is 122 Å². The van der Waals surface area contributed by atoms with Crippen LogP contribution < -0.4 is 5.32 Å². The van der Waals surface area contributed by atoms with Crippen LogP contribution in [0.15, 0.2) is 29.2 Å². The third-order valence-electron chi connectivity index (χ3n) is 6.69. The highest BCUT2D eigenvalue weighted by Gasteiger charge is 2.32. The van der Waals surface area contributed by atoms with Gasteiger partial charge >= 0.3 is 12.1 Å². The lowest BCUT2D eigenvalue weighted by Crippen LogP contribution is -2.37. The number of methoxy groups -OCH3 is 1. The van der Waals surface area contributed by atoms with Crippen LogP contribution in [0.25, 0.3) is 0 Å². The van der Waals surface area contributed by atoms with E-state index < -0.39 is 28.0 Å². The van der Waals surface area contributed by atoms with E-state index in [1.807, 2.05) is 0 Å². The molecular weight excluding hydrogens is 518 g/mol. The zero-order valence-electron chi connectivity index (χ0n) is 21.1. The van der Waals surface area contributed by atoms with Crippen molar-refractivity contribution >= 4 is 44.3 Å². The van der Waals surface area contributed by atoms with Crippen LogP contribution in [0, 0.1) is 5.92 Å². The molecule has 1 fully saturated rings. The first-order chi connectivity index (χ1) is 17.6. The van der Waals surface area contributed by atoms with Gasteiger partial charge in [0.1, 0.15) is 5.00 Å². The van der Waals surface area contributed by atoms with Crippen molar-refractivity contribution in [1.82, 2.24) is 9.21 Å². The lowest BCUT2D eigenvalue weighted by atomic mass is 10.0. The number of thiophene rings is 1. The number of carbonyl (C=O) groups is 3. The zero-order valence-corrected chi connectivity index (χ0v) is 22.7. The molecule has 1 saturated heterocycles. The number of hydrogen-bond donors (Lipinski definition) is 1. The fourth-order valence-electron chi connectivity index (χ4n) is 4.52. The third kappa shape index (κ3) is 5.65. The summed E-state index contributed by atoms with van der Waals surface area (Å²) in [5.74, 6) is -0.521. The highest BCUT2D eigenvalue weighted by molar-refractivity contribution is 7.89. The maximum absolute atomic E-state index is 13.1. The molecule has 0 bridgehead atoms. The van der Waals surface area contributed by atoms with Crippen molar-refractivity contribution in [2.24, 2.45) is 5.92 Å². The van der Waals surface area contributed by atoms with E-state index in [-0.39, 0.29) is 23.6 Å². The number of nitrogens with zero attached hydrogens (tertiary/aromatic N) is 2. The highest BCUT2D eigenvalue weighted by Crippen LogP contribution is 2.38. The van der Waals surface area contributed by atoms with Gasteiger partial charge in [0.2, 0.25) is 10.0 Å². The van der Waals surface area contributed by atoms with Crippen molar-refractivity contribution in [3.8, 4) is 0 Å². The molecule has 0 saturated carbocycles. The molecule has 2 aliphatic heterocycles. The quantitative estimate of drug-likeness (QED) is 0.545. The van der Waals surface area contributed by atoms with Crippen LogP contribution in [0.2, 0.25) is 0 Å². The van der Waals surface area contributed by atoms with Crippen molar-refractivity contribution in [3.05, 3.63) is 45.8 Å². The Bertz CT molecular complexity index is 1280. The second kappa shape index (κ2) is 11.2. The molecule has 12 heteroatoms. The van der Waals surface area contributed by atoms with E-state index in [9.17, 15) is 22.8 Å². The van der Waals surface area contributed by atoms with Crippen molar-refractivity contribution < 1.29 is 32.3 Å². The molecule has 0 atom stereocenters. The number of sulfonamides is 1. The first-order valence-electron chi connectivity index (χ1n) is 12.2. The van der Waals surface area contributed by atoms with Crippen molar-refractivity contribution in [1.29, 1.82) is 0 Å². The van der Waals surface area contributed by atoms with E-state index in [4.69, 9.17) is 9.47 Å². The van der Waals surface area contributed by atoms with Gasteiger partial charge in [-0.25, -0.2) is 18.0 Å². The molecule has 10 nitrogen and oxygen atoms in total. The van der Waals surface area contributed by atoms with Gasteiger partial charge in [-0.1, -0.05) is 6.92 Å². The van der Waals surface area contributed by atoms with Crippen LogP contribution in [0.3, 0.4) is 0 Å². The summed E-state index contributed by atoms with van der Waals surface area (Å²) in [7, 11) is -2.32. The number of ether oxygens (including phenoxy) is 2. The molecule has 2 amide bonds. The SMILES string of the molecule is CCOC(=O)c1c(NC(=O)c2ccc(S(=O)(=O)N3CCC(C)CC3)cc2)sc2c1CCN(C(=O)OC)C2. The molecule has 3 heterocycles. The zero-order chi connectivity index (χ0) is 26.7. The van der Waals surface area contributed by atoms with Gasteiger partial charge in [-0.05, 0) is 61.9 Å². The number of carbonyl (C=O) groups excluding carboxylic acids is 3. The van der Waals surface area contributed by atoms with E-state index in [2.05, 4.69) is 12.2 Å². The van der Waals surface area contributed by atoms with Crippen LogP contribution in [0.1, 0.15) is 57.8 Å². The Kier molecular flexibility index (Phi) is 8.20. The smallest absolute Gasteiger partial charge is 0.409 e. The molecule has 0 spiro atoms. The average Bonchev–Trinajstić information content (AvgIpc) is 3.25. The van der Waals surface area contributed by atoms with Crippen molar-refractivity contribution in [3.63, 3.8) is 0 Å². The number of hydrogen-bond acceptors (Lipinski definition) is 8. The Morgan fingerprint density at radius 3 is 2.41 bits per heavy atom. The first kappa shape index (κ1) is 27.1. The molecule has 1 aromatic carbocycles. The largest absolute Gasteiger partial charge is 0.462 e. The lowest BCUT2D eigenvalue weighted by Gasteiger charge is -2.29. The summed E-state index contributed by atoms with van der Waals surface area (Å²) in [5, 5.41) is 3.12. The summed E-state index contributed by atoms with van der Waals surface area (Å²) >= 11 is 1.21. The summed E-state index contributed by atoms with van der Waals surface area (Å²) in [6.45, 7) is 5.60. The first-order valence-corrected chi connectivity index (χ1v) is 14.5. The number of benzene rings is 1. The van der Waals surface area contributed by atoms with Crippen LogP contribution in [-0.4, -0.2) is 68.9 Å². The van der Waals surface area contributed by atoms with Gasteiger partial charge in [-0.15, -0.1) is 11.3 Å². The molecule has 1 aromatic heterocycles. The number of amides is 2. The number of esters is 1. The van der Waals surface area contributed by atoms with Crippen LogP contribution in [0.4, 0.5) is 9.80 Å². The molecule has 2 aliphatic rings. The third-order valence-corrected chi connectivity index (χ3v) is 9.74. The minimum absolute atomic E-state index is 0.139. The fourth-order valence-corrected chi connectivity index (χ4v) is 7.24. The molecule has 0 unspecified atom stereocenters. The lowest BCUT2D eigenvalue weighted by molar-refractivity contribution is 0.0526. The van der Waals surface area contributed by atoms with E-state index >= 15 is 0 Å².